The van der Waals surface area contributed by atoms with E-state index in [1.54, 1.807) is 0 Å². The van der Waals surface area contributed by atoms with E-state index in [1.807, 2.05) is 0 Å². The summed E-state index contributed by atoms with van der Waals surface area (Å²) in [7, 11) is -4.97. The van der Waals surface area contributed by atoms with Crippen LogP contribution in [-0.4, -0.2) is 68.8 Å². The van der Waals surface area contributed by atoms with Crippen LogP contribution in [0.1, 0.15) is 9.08 Å². The normalized spacial score (nSPS) is 27.6. The van der Waals surface area contributed by atoms with Gasteiger partial charge in [0.15, 0.2) is 23.2 Å². The fraction of sp³-hybridized carbons (Fsp3) is 0.500. The maximum Gasteiger partial charge on any atom is 1.00 e. The number of nitrogens with one attached hydrogen (secondary N) is 1. The van der Waals surface area contributed by atoms with Crippen LogP contribution in [0.5, 0.6) is 0 Å². The van der Waals surface area contributed by atoms with E-state index < -0.39 is 43.5 Å². The largest absolute Gasteiger partial charge is 1.00 e. The molecule has 12 nitrogen and oxygen atoms in total. The Bertz CT molecular complexity index is 850. The molecule has 0 aromatic carbocycles. The van der Waals surface area contributed by atoms with Gasteiger partial charge in [0.1, 0.15) is 18.3 Å². The summed E-state index contributed by atoms with van der Waals surface area (Å²) in [5.41, 5.74) is -0.540. The zero-order chi connectivity index (χ0) is 16.9. The molecule has 25 heavy (non-hydrogen) atoms. The van der Waals surface area contributed by atoms with E-state index in [1.165, 1.54) is 0 Å². The fourth-order valence-electron chi connectivity index (χ4n) is 2.40. The van der Waals surface area contributed by atoms with Crippen LogP contribution >= 0.6 is 7.60 Å². The summed E-state index contributed by atoms with van der Waals surface area (Å²) in [4.78, 5) is 39.6. The molecule has 3 heterocycles. The summed E-state index contributed by atoms with van der Waals surface area (Å²) in [5, 5.41) is 29.5. The van der Waals surface area contributed by atoms with Crippen molar-refractivity contribution < 1.29 is 96.4 Å². The number of aromatic amines is 1. The third-order valence-electron chi connectivity index (χ3n) is 3.55. The Morgan fingerprint density at radius 1 is 1.28 bits per heavy atom. The Kier molecular flexibility index (Phi) is 8.01. The van der Waals surface area contributed by atoms with Crippen LogP contribution < -0.4 is 64.7 Å². The van der Waals surface area contributed by atoms with Crippen LogP contribution in [0.4, 0.5) is 0 Å². The van der Waals surface area contributed by atoms with Gasteiger partial charge in [0.05, 0.1) is 12.7 Å². The van der Waals surface area contributed by atoms with Crippen LogP contribution in [0.25, 0.3) is 11.2 Å². The number of hydrogen-bond acceptors (Lipinski definition) is 8. The number of rotatable bonds is 3. The first-order valence-corrected chi connectivity index (χ1v) is 8.05. The Hall–Kier alpha value is 0.340. The van der Waals surface area contributed by atoms with Crippen molar-refractivity contribution >= 4 is 18.8 Å². The van der Waals surface area contributed by atoms with Gasteiger partial charge in [0.2, 0.25) is 0 Å². The molecular weight excluding hydrogens is 381 g/mol. The monoisotopic (exact) mass is 396 g/mol. The second-order valence-electron chi connectivity index (χ2n) is 5.03. The molecule has 0 bridgehead atoms. The minimum Gasteiger partial charge on any atom is -1.00 e. The molecule has 0 amide bonds. The van der Waals surface area contributed by atoms with Crippen LogP contribution in [-0.2, 0) is 9.30 Å². The number of ether oxygens (including phenoxy) is 1. The molecule has 3 rings (SSSR count). The van der Waals surface area contributed by atoms with E-state index in [9.17, 15) is 24.7 Å². The Labute approximate surface area is 187 Å². The van der Waals surface area contributed by atoms with Crippen molar-refractivity contribution in [3.63, 3.8) is 0 Å². The molecular formula is C10H15N4Na2O8P. The summed E-state index contributed by atoms with van der Waals surface area (Å²) in [6.45, 7) is 0. The molecule has 1 saturated heterocycles. The van der Waals surface area contributed by atoms with Gasteiger partial charge >= 0.3 is 66.7 Å². The smallest absolute Gasteiger partial charge is 1.00 e. The Morgan fingerprint density at radius 3 is 2.52 bits per heavy atom. The van der Waals surface area contributed by atoms with Gasteiger partial charge in [-0.05, 0) is 0 Å². The third kappa shape index (κ3) is 4.27. The van der Waals surface area contributed by atoms with E-state index in [0.29, 0.717) is 0 Å². The number of hydrogen-bond donors (Lipinski definition) is 6. The first-order chi connectivity index (χ1) is 10.7. The maximum absolute atomic E-state index is 11.6. The van der Waals surface area contributed by atoms with Gasteiger partial charge in [0, 0.05) is 0 Å². The van der Waals surface area contributed by atoms with Crippen molar-refractivity contribution in [1.82, 2.24) is 19.5 Å². The number of fused-ring (bicyclic) bond motifs is 1. The summed E-state index contributed by atoms with van der Waals surface area (Å²) in [5.74, 6) is -2.32. The van der Waals surface area contributed by atoms with E-state index in [2.05, 4.69) is 15.0 Å². The van der Waals surface area contributed by atoms with Crippen molar-refractivity contribution in [3.8, 4) is 0 Å². The zero-order valence-electron chi connectivity index (χ0n) is 15.3. The Morgan fingerprint density at radius 2 is 1.92 bits per heavy atom. The molecule has 0 aliphatic carbocycles. The predicted molar refractivity (Wildman–Crippen MR) is 74.3 cm³/mol. The summed E-state index contributed by atoms with van der Waals surface area (Å²) in [6.07, 6.45) is -4.23. The van der Waals surface area contributed by atoms with Crippen molar-refractivity contribution in [2.24, 2.45) is 0 Å². The standard InChI is InChI=1S/C10H13N4O8P.2Na.2H/c15-4-5(16)9(22-6(4)10(18)23(19,20)21)14-2-13-3-7(14)11-1-12-8(3)17;;;;/h1-2,4-6,9-10,15-16,18H,(H,11,12,17)(H2,19,20,21);;;;/q;2*+1;2*-1/t4-,5+,6-,9+,10+;;;;/m0..../s1. The topological polar surface area (TPSA) is 191 Å². The van der Waals surface area contributed by atoms with Crippen LogP contribution in [0.2, 0.25) is 0 Å². The van der Waals surface area contributed by atoms with Gasteiger partial charge in [-0.3, -0.25) is 13.9 Å². The van der Waals surface area contributed by atoms with Crippen molar-refractivity contribution in [1.29, 1.82) is 0 Å². The van der Waals surface area contributed by atoms with E-state index in [4.69, 9.17) is 14.5 Å². The van der Waals surface area contributed by atoms with E-state index in [-0.39, 0.29) is 73.1 Å². The van der Waals surface area contributed by atoms with Crippen molar-refractivity contribution in [3.05, 3.63) is 23.0 Å². The molecule has 0 radical (unpaired) electrons. The molecule has 0 spiro atoms. The van der Waals surface area contributed by atoms with Crippen LogP contribution in [0.3, 0.4) is 0 Å². The molecule has 130 valence electrons. The molecule has 6 N–H and O–H groups in total. The fourth-order valence-corrected chi connectivity index (χ4v) is 3.03. The zero-order valence-corrected chi connectivity index (χ0v) is 18.2. The Balaban J connectivity index is 0. The molecule has 1 aliphatic rings. The average Bonchev–Trinajstić information content (AvgIpc) is 3.02. The second kappa shape index (κ2) is 8.57. The number of aromatic nitrogens is 4. The van der Waals surface area contributed by atoms with Crippen molar-refractivity contribution in [2.45, 2.75) is 30.4 Å². The minimum atomic E-state index is -4.97. The predicted octanol–water partition coefficient (Wildman–Crippen LogP) is -8.53. The second-order valence-corrected chi connectivity index (χ2v) is 6.74. The van der Waals surface area contributed by atoms with E-state index in [0.717, 1.165) is 17.2 Å². The molecule has 2 aromatic heterocycles. The van der Waals surface area contributed by atoms with Gasteiger partial charge < -0.3 is 37.7 Å². The third-order valence-corrected chi connectivity index (χ3v) is 4.54. The molecule has 1 fully saturated rings. The summed E-state index contributed by atoms with van der Waals surface area (Å²) in [6, 6.07) is 0. The van der Waals surface area contributed by atoms with Gasteiger partial charge in [-0.2, -0.15) is 0 Å². The first-order valence-electron chi connectivity index (χ1n) is 6.37. The van der Waals surface area contributed by atoms with Gasteiger partial charge in [-0.25, -0.2) is 9.97 Å². The number of aliphatic hydroxyl groups is 3. The molecule has 0 saturated carbocycles. The van der Waals surface area contributed by atoms with Crippen molar-refractivity contribution in [2.75, 3.05) is 0 Å². The number of imidazole rings is 1. The molecule has 0 unspecified atom stereocenters. The van der Waals surface area contributed by atoms with Gasteiger partial charge in [-0.15, -0.1) is 0 Å². The molecule has 2 aromatic rings. The molecule has 5 atom stereocenters. The summed E-state index contributed by atoms with van der Waals surface area (Å²) < 4.78 is 17.4. The van der Waals surface area contributed by atoms with E-state index >= 15 is 0 Å². The van der Waals surface area contributed by atoms with Gasteiger partial charge in [0.25, 0.3) is 5.56 Å². The van der Waals surface area contributed by atoms with Crippen LogP contribution in [0, 0.1) is 0 Å². The minimum absolute atomic E-state index is 0. The average molecular weight is 396 g/mol. The quantitative estimate of drug-likeness (QED) is 0.214. The molecule has 1 aliphatic heterocycles. The maximum atomic E-state index is 11.6. The SMILES string of the molecule is O=c1[nH]cnc2c1ncn2[C@@H]1O[C@H]([C@H](O)P(=O)(O)O)[C@@H](O)[C@H]1O.[H-].[H-].[Na+].[Na+]. The van der Waals surface area contributed by atoms with Crippen LogP contribution in [0.15, 0.2) is 17.4 Å². The number of nitrogens with zero attached hydrogens (tertiary/aromatic N) is 3. The number of H-pyrrole nitrogens is 1. The molecule has 15 heteroatoms. The first kappa shape index (κ1) is 23.4. The number of aliphatic hydroxyl groups excluding tert-OH is 3. The van der Waals surface area contributed by atoms with Gasteiger partial charge in [-0.1, -0.05) is 0 Å². The summed E-state index contributed by atoms with van der Waals surface area (Å²) >= 11 is 0.